The number of rotatable bonds is 5. The minimum atomic E-state index is -1.13. The summed E-state index contributed by atoms with van der Waals surface area (Å²) in [5.74, 6) is -0.358. The number of halogens is 2. The highest BCUT2D eigenvalue weighted by molar-refractivity contribution is 6.33. The highest BCUT2D eigenvalue weighted by atomic mass is 35.5. The van der Waals surface area contributed by atoms with E-state index in [1.54, 1.807) is 11.0 Å². The first kappa shape index (κ1) is 21.4. The van der Waals surface area contributed by atoms with Gasteiger partial charge in [0.25, 0.3) is 0 Å². The quantitative estimate of drug-likeness (QED) is 0.698. The first-order valence-electron chi connectivity index (χ1n) is 10.5. The number of hydrogen-bond acceptors (Lipinski definition) is 5. The smallest absolute Gasteiger partial charge is 0.243 e. The Morgan fingerprint density at radius 1 is 1.19 bits per heavy atom. The normalized spacial score (nSPS) is 21.1. The molecule has 0 bridgehead atoms. The van der Waals surface area contributed by atoms with E-state index >= 15 is 0 Å². The molecule has 8 heteroatoms. The number of amides is 1. The van der Waals surface area contributed by atoms with E-state index in [4.69, 9.17) is 16.9 Å². The van der Waals surface area contributed by atoms with Crippen LogP contribution in [0.3, 0.4) is 0 Å². The summed E-state index contributed by atoms with van der Waals surface area (Å²) < 4.78 is 14.2. The van der Waals surface area contributed by atoms with Crippen molar-refractivity contribution in [3.63, 3.8) is 0 Å². The average molecular weight is 442 g/mol. The maximum atomic E-state index is 14.2. The van der Waals surface area contributed by atoms with Gasteiger partial charge in [-0.2, -0.15) is 5.26 Å². The zero-order valence-corrected chi connectivity index (χ0v) is 17.9. The summed E-state index contributed by atoms with van der Waals surface area (Å²) in [6, 6.07) is 15.2. The minimum absolute atomic E-state index is 0.0806. The van der Waals surface area contributed by atoms with Crippen LogP contribution in [0.25, 0.3) is 11.1 Å². The fraction of sp³-hybridized carbons (Fsp3) is 0.391. The lowest BCUT2D eigenvalue weighted by atomic mass is 10.0. The molecule has 0 spiro atoms. The van der Waals surface area contributed by atoms with Crippen LogP contribution in [0, 0.1) is 11.3 Å². The molecule has 2 saturated heterocycles. The maximum absolute atomic E-state index is 14.2. The van der Waals surface area contributed by atoms with Crippen LogP contribution in [-0.4, -0.2) is 57.4 Å². The number of piperazine rings is 1. The van der Waals surface area contributed by atoms with Crippen LogP contribution in [0.5, 0.6) is 0 Å². The number of nitrogens with zero attached hydrogens (tertiary/aromatic N) is 3. The van der Waals surface area contributed by atoms with Crippen LogP contribution < -0.4 is 20.4 Å². The van der Waals surface area contributed by atoms with E-state index in [1.165, 1.54) is 5.69 Å². The third-order valence-electron chi connectivity index (χ3n) is 5.83. The number of benzene rings is 2. The van der Waals surface area contributed by atoms with E-state index in [-0.39, 0.29) is 25.4 Å². The molecule has 6 nitrogen and oxygen atoms in total. The SMILES string of the molecule is N#CCNC(=O)[C@@H]1C[C@H](F)CN1c1cc(-c2ccc(N3CCNCC3)cc2)ccc1Cl. The van der Waals surface area contributed by atoms with Crippen LogP contribution in [0.4, 0.5) is 15.8 Å². The van der Waals surface area contributed by atoms with Crippen molar-refractivity contribution in [3.05, 3.63) is 47.5 Å². The predicted molar refractivity (Wildman–Crippen MR) is 121 cm³/mol. The van der Waals surface area contributed by atoms with Crippen molar-refractivity contribution in [2.24, 2.45) is 0 Å². The van der Waals surface area contributed by atoms with Crippen LogP contribution in [-0.2, 0) is 4.79 Å². The Bertz CT molecular complexity index is 971. The molecule has 2 fully saturated rings. The van der Waals surface area contributed by atoms with Crippen LogP contribution in [0.2, 0.25) is 5.02 Å². The summed E-state index contributed by atoms with van der Waals surface area (Å²) in [7, 11) is 0. The fourth-order valence-corrected chi connectivity index (χ4v) is 4.47. The zero-order chi connectivity index (χ0) is 21.8. The Labute approximate surface area is 186 Å². The first-order valence-corrected chi connectivity index (χ1v) is 10.9. The van der Waals surface area contributed by atoms with Gasteiger partial charge in [0.2, 0.25) is 5.91 Å². The maximum Gasteiger partial charge on any atom is 0.243 e. The van der Waals surface area contributed by atoms with Gasteiger partial charge in [0.15, 0.2) is 0 Å². The van der Waals surface area contributed by atoms with Crippen molar-refractivity contribution in [2.45, 2.75) is 18.6 Å². The van der Waals surface area contributed by atoms with E-state index in [2.05, 4.69) is 39.8 Å². The Balaban J connectivity index is 1.58. The van der Waals surface area contributed by atoms with Gasteiger partial charge in [-0.1, -0.05) is 29.8 Å². The number of anilines is 2. The van der Waals surface area contributed by atoms with Gasteiger partial charge in [-0.05, 0) is 35.4 Å². The third-order valence-corrected chi connectivity index (χ3v) is 6.15. The second-order valence-electron chi connectivity index (χ2n) is 7.83. The Hall–Kier alpha value is -2.82. The number of nitrogens with one attached hydrogen (secondary N) is 2. The lowest BCUT2D eigenvalue weighted by molar-refractivity contribution is -0.122. The van der Waals surface area contributed by atoms with Crippen LogP contribution in [0.1, 0.15) is 6.42 Å². The first-order chi connectivity index (χ1) is 15.1. The summed E-state index contributed by atoms with van der Waals surface area (Å²) >= 11 is 6.45. The Morgan fingerprint density at radius 3 is 2.61 bits per heavy atom. The summed E-state index contributed by atoms with van der Waals surface area (Å²) in [5.41, 5.74) is 3.79. The predicted octanol–water partition coefficient (Wildman–Crippen LogP) is 2.97. The molecular weight excluding hydrogens is 417 g/mol. The van der Waals surface area contributed by atoms with Gasteiger partial charge in [0.05, 0.1) is 23.3 Å². The molecule has 4 rings (SSSR count). The van der Waals surface area contributed by atoms with Gasteiger partial charge in [0.1, 0.15) is 18.8 Å². The summed E-state index contributed by atoms with van der Waals surface area (Å²) in [6.07, 6.45) is -1.05. The van der Waals surface area contributed by atoms with E-state index in [0.717, 1.165) is 37.3 Å². The van der Waals surface area contributed by atoms with Crippen molar-refractivity contribution in [2.75, 3.05) is 49.1 Å². The lowest BCUT2D eigenvalue weighted by Gasteiger charge is -2.29. The fourth-order valence-electron chi connectivity index (χ4n) is 4.24. The molecule has 162 valence electrons. The summed E-state index contributed by atoms with van der Waals surface area (Å²) in [6.45, 7) is 3.93. The molecule has 2 atom stereocenters. The molecule has 31 heavy (non-hydrogen) atoms. The molecule has 0 radical (unpaired) electrons. The van der Waals surface area contributed by atoms with Crippen molar-refractivity contribution in [1.29, 1.82) is 5.26 Å². The van der Waals surface area contributed by atoms with Crippen molar-refractivity contribution in [1.82, 2.24) is 10.6 Å². The van der Waals surface area contributed by atoms with Gasteiger partial charge in [0, 0.05) is 38.3 Å². The molecule has 0 aromatic heterocycles. The molecule has 2 aromatic carbocycles. The molecule has 2 aromatic rings. The molecular formula is C23H25ClFN5O. The Kier molecular flexibility index (Phi) is 6.59. The van der Waals surface area contributed by atoms with Gasteiger partial charge < -0.3 is 20.4 Å². The molecule has 2 heterocycles. The van der Waals surface area contributed by atoms with Crippen LogP contribution in [0.15, 0.2) is 42.5 Å². The average Bonchev–Trinajstić information content (AvgIpc) is 3.20. The number of carbonyl (C=O) groups excluding carboxylic acids is 1. The number of hydrogen-bond donors (Lipinski definition) is 2. The van der Waals surface area contributed by atoms with E-state index in [0.29, 0.717) is 10.7 Å². The van der Waals surface area contributed by atoms with E-state index in [1.807, 2.05) is 18.2 Å². The summed E-state index contributed by atoms with van der Waals surface area (Å²) in [4.78, 5) is 16.5. The van der Waals surface area contributed by atoms with E-state index in [9.17, 15) is 9.18 Å². The third kappa shape index (κ3) is 4.76. The van der Waals surface area contributed by atoms with Crippen molar-refractivity contribution in [3.8, 4) is 17.2 Å². The monoisotopic (exact) mass is 441 g/mol. The minimum Gasteiger partial charge on any atom is -0.369 e. The van der Waals surface area contributed by atoms with E-state index < -0.39 is 12.2 Å². The molecule has 2 aliphatic heterocycles. The summed E-state index contributed by atoms with van der Waals surface area (Å²) in [5, 5.41) is 15.1. The molecule has 1 amide bonds. The number of carbonyl (C=O) groups is 1. The van der Waals surface area contributed by atoms with Gasteiger partial charge >= 0.3 is 0 Å². The highest BCUT2D eigenvalue weighted by Gasteiger charge is 2.38. The van der Waals surface area contributed by atoms with Gasteiger partial charge in [-0.15, -0.1) is 0 Å². The molecule has 0 saturated carbocycles. The zero-order valence-electron chi connectivity index (χ0n) is 17.2. The second-order valence-corrected chi connectivity index (χ2v) is 8.23. The largest absolute Gasteiger partial charge is 0.369 e. The van der Waals surface area contributed by atoms with Gasteiger partial charge in [-0.3, -0.25) is 4.79 Å². The molecule has 2 N–H and O–H groups in total. The second kappa shape index (κ2) is 9.54. The Morgan fingerprint density at radius 2 is 1.90 bits per heavy atom. The standard InChI is InChI=1S/C23H25ClFN5O/c24-20-6-3-17(16-1-4-19(5-2-16)29-11-9-27-10-12-29)13-21(20)30-15-18(25)14-22(30)23(31)28-8-7-26/h1-6,13,18,22,27H,8-12,14-15H2,(H,28,31)/t18-,22-/m0/s1. The molecule has 0 unspecified atom stereocenters. The topological polar surface area (TPSA) is 71.4 Å². The molecule has 0 aliphatic carbocycles. The lowest BCUT2D eigenvalue weighted by Crippen LogP contribution is -2.43. The number of nitriles is 1. The van der Waals surface area contributed by atoms with Crippen LogP contribution >= 0.6 is 11.6 Å². The van der Waals surface area contributed by atoms with Crippen molar-refractivity contribution < 1.29 is 9.18 Å². The van der Waals surface area contributed by atoms with Crippen molar-refractivity contribution >= 4 is 28.9 Å². The highest BCUT2D eigenvalue weighted by Crippen LogP contribution is 2.36. The van der Waals surface area contributed by atoms with Gasteiger partial charge in [-0.25, -0.2) is 4.39 Å². The number of alkyl halides is 1. The molecule has 2 aliphatic rings.